The molecule has 2 rings (SSSR count). The van der Waals surface area contributed by atoms with Gasteiger partial charge in [0.2, 0.25) is 5.88 Å². The number of hydrogen-bond donors (Lipinski definition) is 2. The summed E-state index contributed by atoms with van der Waals surface area (Å²) in [6, 6.07) is 1.40. The molecule has 1 aliphatic rings. The minimum absolute atomic E-state index is 0.0121. The van der Waals surface area contributed by atoms with Crippen LogP contribution in [0, 0.1) is 6.92 Å². The minimum atomic E-state index is -0.420. The third kappa shape index (κ3) is 2.18. The summed E-state index contributed by atoms with van der Waals surface area (Å²) < 4.78 is 5.49. The average Bonchev–Trinajstić information content (AvgIpc) is 2.59. The molecule has 0 aliphatic heterocycles. The van der Waals surface area contributed by atoms with Gasteiger partial charge in [0.25, 0.3) is 0 Å². The van der Waals surface area contributed by atoms with Gasteiger partial charge in [0.15, 0.2) is 11.9 Å². The van der Waals surface area contributed by atoms with Crippen molar-refractivity contribution < 1.29 is 9.53 Å². The fourth-order valence-electron chi connectivity index (χ4n) is 1.76. The molecule has 1 aromatic rings. The number of aromatic amines is 1. The highest BCUT2D eigenvalue weighted by Gasteiger charge is 2.30. The van der Waals surface area contributed by atoms with Crippen LogP contribution in [0.3, 0.4) is 0 Å². The first-order chi connectivity index (χ1) is 7.16. The molecular formula is C10H15N3O2. The molecule has 3 N–H and O–H groups in total. The predicted molar refractivity (Wildman–Crippen MR) is 54.6 cm³/mol. The van der Waals surface area contributed by atoms with E-state index in [1.165, 1.54) is 0 Å². The quantitative estimate of drug-likeness (QED) is 0.745. The highest BCUT2D eigenvalue weighted by molar-refractivity contribution is 5.88. The van der Waals surface area contributed by atoms with Gasteiger partial charge in [-0.25, -0.2) is 0 Å². The zero-order valence-electron chi connectivity index (χ0n) is 8.69. The molecule has 0 amide bonds. The second kappa shape index (κ2) is 4.02. The number of nitrogens with zero attached hydrogens (tertiary/aromatic N) is 1. The van der Waals surface area contributed by atoms with Crippen molar-refractivity contribution in [2.24, 2.45) is 5.73 Å². The molecule has 1 fully saturated rings. The summed E-state index contributed by atoms with van der Waals surface area (Å²) in [6.07, 6.45) is 2.01. The number of nitrogens with one attached hydrogen (secondary N) is 1. The SMILES string of the molecule is Cc1cc(OC2CCCC(N)C2=O)n[nH]1. The molecule has 0 spiro atoms. The maximum atomic E-state index is 11.6. The number of H-pyrrole nitrogens is 1. The topological polar surface area (TPSA) is 81.0 Å². The first-order valence-corrected chi connectivity index (χ1v) is 5.15. The molecule has 2 unspecified atom stereocenters. The number of carbonyl (C=O) groups excluding carboxylic acids is 1. The minimum Gasteiger partial charge on any atom is -0.465 e. The molecule has 82 valence electrons. The lowest BCUT2D eigenvalue weighted by Gasteiger charge is -2.24. The van der Waals surface area contributed by atoms with E-state index in [4.69, 9.17) is 10.5 Å². The fourth-order valence-corrected chi connectivity index (χ4v) is 1.76. The van der Waals surface area contributed by atoms with E-state index in [2.05, 4.69) is 10.2 Å². The van der Waals surface area contributed by atoms with Crippen LogP contribution in [0.2, 0.25) is 0 Å². The highest BCUT2D eigenvalue weighted by Crippen LogP contribution is 2.19. The lowest BCUT2D eigenvalue weighted by molar-refractivity contribution is -0.129. The van der Waals surface area contributed by atoms with Crippen molar-refractivity contribution in [2.75, 3.05) is 0 Å². The summed E-state index contributed by atoms with van der Waals surface area (Å²) in [5.41, 5.74) is 6.58. The van der Waals surface area contributed by atoms with Gasteiger partial charge in [-0.3, -0.25) is 9.89 Å². The molecule has 1 aromatic heterocycles. The Labute approximate surface area is 88.0 Å². The molecule has 1 aliphatic carbocycles. The molecular weight excluding hydrogens is 194 g/mol. The van der Waals surface area contributed by atoms with Crippen molar-refractivity contribution >= 4 is 5.78 Å². The van der Waals surface area contributed by atoms with Crippen LogP contribution in [0.4, 0.5) is 0 Å². The van der Waals surface area contributed by atoms with Gasteiger partial charge in [-0.1, -0.05) is 0 Å². The van der Waals surface area contributed by atoms with E-state index >= 15 is 0 Å². The number of nitrogens with two attached hydrogens (primary N) is 1. The predicted octanol–water partition coefficient (Wildman–Crippen LogP) is 0.546. The summed E-state index contributed by atoms with van der Waals surface area (Å²) in [4.78, 5) is 11.6. The summed E-state index contributed by atoms with van der Waals surface area (Å²) >= 11 is 0. The Bertz CT molecular complexity index is 361. The molecule has 0 saturated heterocycles. The Morgan fingerprint density at radius 3 is 3.07 bits per heavy atom. The van der Waals surface area contributed by atoms with Crippen LogP contribution in [0.15, 0.2) is 6.07 Å². The second-order valence-electron chi connectivity index (χ2n) is 3.94. The van der Waals surface area contributed by atoms with Crippen molar-refractivity contribution in [3.05, 3.63) is 11.8 Å². The van der Waals surface area contributed by atoms with Gasteiger partial charge in [0.1, 0.15) is 0 Å². The van der Waals surface area contributed by atoms with Crippen LogP contribution in [-0.4, -0.2) is 28.1 Å². The van der Waals surface area contributed by atoms with E-state index in [0.717, 1.165) is 25.0 Å². The summed E-state index contributed by atoms with van der Waals surface area (Å²) in [5, 5.41) is 6.70. The molecule has 15 heavy (non-hydrogen) atoms. The number of aromatic nitrogens is 2. The molecule has 1 heterocycles. The molecule has 5 nitrogen and oxygen atoms in total. The van der Waals surface area contributed by atoms with E-state index in [0.29, 0.717) is 5.88 Å². The molecule has 0 bridgehead atoms. The standard InChI is InChI=1S/C10H15N3O2/c1-6-5-9(13-12-6)15-8-4-2-3-7(11)10(8)14/h5,7-8H,2-4,11H2,1H3,(H,12,13). The van der Waals surface area contributed by atoms with E-state index in [9.17, 15) is 4.79 Å². The Morgan fingerprint density at radius 2 is 2.40 bits per heavy atom. The van der Waals surface area contributed by atoms with Crippen molar-refractivity contribution in [1.82, 2.24) is 10.2 Å². The number of aryl methyl sites for hydroxylation is 1. The average molecular weight is 209 g/mol. The number of ketones is 1. The van der Waals surface area contributed by atoms with E-state index < -0.39 is 6.10 Å². The van der Waals surface area contributed by atoms with Gasteiger partial charge in [0, 0.05) is 11.8 Å². The smallest absolute Gasteiger partial charge is 0.233 e. The molecule has 2 atom stereocenters. The van der Waals surface area contributed by atoms with Gasteiger partial charge in [0.05, 0.1) is 6.04 Å². The zero-order chi connectivity index (χ0) is 10.8. The van der Waals surface area contributed by atoms with Crippen LogP contribution in [0.25, 0.3) is 0 Å². The van der Waals surface area contributed by atoms with Gasteiger partial charge >= 0.3 is 0 Å². The number of carbonyl (C=O) groups is 1. The van der Waals surface area contributed by atoms with E-state index in [-0.39, 0.29) is 11.8 Å². The lowest BCUT2D eigenvalue weighted by atomic mass is 9.92. The van der Waals surface area contributed by atoms with Gasteiger partial charge in [-0.15, -0.1) is 5.10 Å². The van der Waals surface area contributed by atoms with E-state index in [1.807, 2.05) is 6.92 Å². The highest BCUT2D eigenvalue weighted by atomic mass is 16.5. The summed E-state index contributed by atoms with van der Waals surface area (Å²) in [6.45, 7) is 1.88. The van der Waals surface area contributed by atoms with E-state index in [1.54, 1.807) is 6.07 Å². The van der Waals surface area contributed by atoms with Gasteiger partial charge < -0.3 is 10.5 Å². The summed E-state index contributed by atoms with van der Waals surface area (Å²) in [7, 11) is 0. The fraction of sp³-hybridized carbons (Fsp3) is 0.600. The van der Waals surface area contributed by atoms with Crippen LogP contribution in [-0.2, 0) is 4.79 Å². The third-order valence-corrected chi connectivity index (χ3v) is 2.61. The zero-order valence-corrected chi connectivity index (χ0v) is 8.69. The summed E-state index contributed by atoms with van der Waals surface area (Å²) in [5.74, 6) is 0.460. The Balaban J connectivity index is 2.02. The van der Waals surface area contributed by atoms with Crippen LogP contribution < -0.4 is 10.5 Å². The maximum Gasteiger partial charge on any atom is 0.233 e. The molecule has 0 aromatic carbocycles. The van der Waals surface area contributed by atoms with Gasteiger partial charge in [-0.05, 0) is 26.2 Å². The van der Waals surface area contributed by atoms with Crippen molar-refractivity contribution in [3.63, 3.8) is 0 Å². The van der Waals surface area contributed by atoms with Crippen LogP contribution in [0.1, 0.15) is 25.0 Å². The lowest BCUT2D eigenvalue weighted by Crippen LogP contribution is -2.44. The van der Waals surface area contributed by atoms with Crippen LogP contribution in [0.5, 0.6) is 5.88 Å². The normalized spacial score (nSPS) is 26.7. The Kier molecular flexibility index (Phi) is 2.73. The van der Waals surface area contributed by atoms with Crippen molar-refractivity contribution in [2.45, 2.75) is 38.3 Å². The largest absolute Gasteiger partial charge is 0.465 e. The maximum absolute atomic E-state index is 11.6. The first-order valence-electron chi connectivity index (χ1n) is 5.15. The van der Waals surface area contributed by atoms with Crippen molar-refractivity contribution in [1.29, 1.82) is 0 Å². The monoisotopic (exact) mass is 209 g/mol. The molecule has 0 radical (unpaired) electrons. The molecule has 1 saturated carbocycles. The number of rotatable bonds is 2. The van der Waals surface area contributed by atoms with Gasteiger partial charge in [-0.2, -0.15) is 0 Å². The number of hydrogen-bond acceptors (Lipinski definition) is 4. The first kappa shape index (κ1) is 10.2. The molecule has 5 heteroatoms. The number of ether oxygens (including phenoxy) is 1. The number of Topliss-reactive ketones (excluding diaryl/α,β-unsaturated/α-hetero) is 1. The second-order valence-corrected chi connectivity index (χ2v) is 3.94. The third-order valence-electron chi connectivity index (χ3n) is 2.61. The van der Waals surface area contributed by atoms with Crippen LogP contribution >= 0.6 is 0 Å². The van der Waals surface area contributed by atoms with Crippen molar-refractivity contribution in [3.8, 4) is 5.88 Å². The Hall–Kier alpha value is -1.36. The Morgan fingerprint density at radius 1 is 1.60 bits per heavy atom.